The normalized spacial score (nSPS) is 16.5. The molecule has 2 aromatic heterocycles. The number of halogens is 1. The smallest absolute Gasteiger partial charge is 0.263 e. The van der Waals surface area contributed by atoms with Gasteiger partial charge < -0.3 is 9.47 Å². The van der Waals surface area contributed by atoms with E-state index in [-0.39, 0.29) is 36.2 Å². The minimum Gasteiger partial charge on any atom is -0.338 e. The van der Waals surface area contributed by atoms with Gasteiger partial charge in [0.2, 0.25) is 11.0 Å². The van der Waals surface area contributed by atoms with Gasteiger partial charge in [-0.25, -0.2) is 13.4 Å². The lowest BCUT2D eigenvalue weighted by molar-refractivity contribution is -0.138. The Bertz CT molecular complexity index is 1510. The Kier molecular flexibility index (Phi) is 6.30. The predicted octanol–water partition coefficient (Wildman–Crippen LogP) is 3.78. The minimum absolute atomic E-state index is 0. The van der Waals surface area contributed by atoms with Crippen LogP contribution in [0.4, 0.5) is 5.13 Å². The van der Waals surface area contributed by atoms with Crippen LogP contribution in [-0.4, -0.2) is 52.0 Å². The van der Waals surface area contributed by atoms with Crippen molar-refractivity contribution in [3.05, 3.63) is 71.6 Å². The molecule has 1 unspecified atom stereocenters. The average Bonchev–Trinajstić information content (AvgIpc) is 3.48. The van der Waals surface area contributed by atoms with E-state index in [1.54, 1.807) is 23.1 Å². The molecule has 1 aliphatic rings. The number of sulfonamides is 1. The van der Waals surface area contributed by atoms with Crippen LogP contribution in [0, 0.1) is 0 Å². The van der Waals surface area contributed by atoms with Crippen molar-refractivity contribution in [2.45, 2.75) is 23.8 Å². The second kappa shape index (κ2) is 9.40. The number of nitrogens with one attached hydrogen (secondary N) is 1. The van der Waals surface area contributed by atoms with Gasteiger partial charge in [0.05, 0.1) is 11.4 Å². The summed E-state index contributed by atoms with van der Waals surface area (Å²) in [5, 5.41) is 1.76. The first-order valence-corrected chi connectivity index (χ1v) is 13.4. The number of nitrogens with zero attached hydrogens (tertiary/aromatic N) is 4. The fraction of sp³-hybridized carbons (Fsp3) is 0.217. The highest BCUT2D eigenvalue weighted by molar-refractivity contribution is 7.93. The van der Waals surface area contributed by atoms with Gasteiger partial charge in [-0.3, -0.25) is 14.3 Å². The standard InChI is InChI=1S/C23H20ClN5O4S2.H2/c24-17-4-1-16-7-9-28(20(16)11-17)13-22(31)29-10-8-19(21(30)12-29)15-2-5-18(6-3-15)35(32,33)27-23-25-14-26-34-23;/h1-7,9,11,14,19H,8,10,12-13H2,(H,25,26,27);1H. The molecule has 0 radical (unpaired) electrons. The number of anilines is 1. The zero-order valence-corrected chi connectivity index (χ0v) is 20.7. The van der Waals surface area contributed by atoms with Crippen LogP contribution in [0.15, 0.2) is 66.0 Å². The lowest BCUT2D eigenvalue weighted by Gasteiger charge is -2.31. The third-order valence-electron chi connectivity index (χ3n) is 5.99. The van der Waals surface area contributed by atoms with Crippen molar-refractivity contribution in [3.63, 3.8) is 0 Å². The monoisotopic (exact) mass is 531 g/mol. The molecule has 0 saturated carbocycles. The number of ketones is 1. The molecule has 1 amide bonds. The molecule has 0 bridgehead atoms. The molecule has 4 aromatic rings. The quantitative estimate of drug-likeness (QED) is 0.405. The summed E-state index contributed by atoms with van der Waals surface area (Å²) in [5.74, 6) is -0.607. The summed E-state index contributed by atoms with van der Waals surface area (Å²) in [6, 6.07) is 13.7. The van der Waals surface area contributed by atoms with Crippen molar-refractivity contribution < 1.29 is 19.4 Å². The Morgan fingerprint density at radius 1 is 1.20 bits per heavy atom. The van der Waals surface area contributed by atoms with Gasteiger partial charge in [-0.1, -0.05) is 29.8 Å². The third kappa shape index (κ3) is 4.93. The van der Waals surface area contributed by atoms with Crippen LogP contribution in [0.25, 0.3) is 10.9 Å². The summed E-state index contributed by atoms with van der Waals surface area (Å²) >= 11 is 7.04. The lowest BCUT2D eigenvalue weighted by atomic mass is 9.88. The maximum atomic E-state index is 12.9. The molecule has 9 nitrogen and oxygen atoms in total. The topological polar surface area (TPSA) is 114 Å². The summed E-state index contributed by atoms with van der Waals surface area (Å²) in [6.45, 7) is 0.575. The highest BCUT2D eigenvalue weighted by atomic mass is 35.5. The number of piperidine rings is 1. The summed E-state index contributed by atoms with van der Waals surface area (Å²) < 4.78 is 33.0. The van der Waals surface area contributed by atoms with E-state index in [4.69, 9.17) is 11.6 Å². The van der Waals surface area contributed by atoms with Crippen molar-refractivity contribution >= 4 is 60.9 Å². The van der Waals surface area contributed by atoms with Gasteiger partial charge >= 0.3 is 0 Å². The SMILES string of the molecule is O=C1CN(C(=O)Cn2ccc3ccc(Cl)cc32)CCC1c1ccc(S(=O)(=O)Nc2ncns2)cc1.[HH]. The van der Waals surface area contributed by atoms with Gasteiger partial charge in [0.15, 0.2) is 5.78 Å². The number of likely N-dealkylation sites (tertiary alicyclic amines) is 1. The van der Waals surface area contributed by atoms with Crippen molar-refractivity contribution in [1.82, 2.24) is 18.8 Å². The van der Waals surface area contributed by atoms with Gasteiger partial charge in [0.1, 0.15) is 12.9 Å². The number of Topliss-reactive ketones (excluding diaryl/α,β-unsaturated/α-hetero) is 1. The molecule has 182 valence electrons. The van der Waals surface area contributed by atoms with E-state index in [1.165, 1.54) is 18.5 Å². The maximum absolute atomic E-state index is 12.9. The number of hydrogen-bond acceptors (Lipinski definition) is 7. The molecule has 1 fully saturated rings. The van der Waals surface area contributed by atoms with Crippen LogP contribution in [0.1, 0.15) is 19.3 Å². The van der Waals surface area contributed by atoms with E-state index in [0.717, 1.165) is 28.0 Å². The van der Waals surface area contributed by atoms with Crippen LogP contribution < -0.4 is 4.72 Å². The van der Waals surface area contributed by atoms with E-state index in [1.807, 2.05) is 29.0 Å². The van der Waals surface area contributed by atoms with Gasteiger partial charge in [-0.15, -0.1) is 0 Å². The summed E-state index contributed by atoms with van der Waals surface area (Å²) in [7, 11) is -3.80. The predicted molar refractivity (Wildman–Crippen MR) is 135 cm³/mol. The molecule has 1 aliphatic heterocycles. The average molecular weight is 532 g/mol. The van der Waals surface area contributed by atoms with Crippen molar-refractivity contribution in [2.75, 3.05) is 17.8 Å². The molecule has 0 spiro atoms. The Balaban J connectivity index is 0.00000304. The number of fused-ring (bicyclic) bond motifs is 1. The van der Waals surface area contributed by atoms with Crippen LogP contribution >= 0.6 is 23.1 Å². The van der Waals surface area contributed by atoms with Crippen molar-refractivity contribution in [3.8, 4) is 0 Å². The fourth-order valence-corrected chi connectivity index (χ4v) is 6.03. The number of amides is 1. The Morgan fingerprint density at radius 2 is 2.00 bits per heavy atom. The highest BCUT2D eigenvalue weighted by Gasteiger charge is 2.31. The number of aromatic nitrogens is 3. The first kappa shape index (κ1) is 23.5. The van der Waals surface area contributed by atoms with Crippen LogP contribution in [0.5, 0.6) is 0 Å². The molecule has 1 saturated heterocycles. The van der Waals surface area contributed by atoms with Crippen LogP contribution in [-0.2, 0) is 26.2 Å². The van der Waals surface area contributed by atoms with E-state index < -0.39 is 15.9 Å². The second-order valence-electron chi connectivity index (χ2n) is 8.19. The zero-order valence-electron chi connectivity index (χ0n) is 18.3. The largest absolute Gasteiger partial charge is 0.338 e. The molecule has 12 heteroatoms. The molecule has 1 atom stereocenters. The first-order chi connectivity index (χ1) is 16.8. The Hall–Kier alpha value is -3.28. The number of hydrogen-bond donors (Lipinski definition) is 1. The van der Waals surface area contributed by atoms with E-state index in [2.05, 4.69) is 14.1 Å². The summed E-state index contributed by atoms with van der Waals surface area (Å²) in [6.07, 6.45) is 3.58. The van der Waals surface area contributed by atoms with Gasteiger partial charge in [-0.05, 0) is 47.7 Å². The molecule has 0 aliphatic carbocycles. The zero-order chi connectivity index (χ0) is 24.6. The molecule has 35 heavy (non-hydrogen) atoms. The first-order valence-electron chi connectivity index (χ1n) is 10.7. The van der Waals surface area contributed by atoms with Gasteiger partial charge in [-0.2, -0.15) is 4.37 Å². The maximum Gasteiger partial charge on any atom is 0.263 e. The minimum atomic E-state index is -3.80. The molecule has 2 aromatic carbocycles. The van der Waals surface area contributed by atoms with Crippen molar-refractivity contribution in [2.24, 2.45) is 0 Å². The number of benzene rings is 2. The van der Waals surface area contributed by atoms with Crippen LogP contribution in [0.3, 0.4) is 0 Å². The van der Waals surface area contributed by atoms with Crippen LogP contribution in [0.2, 0.25) is 5.02 Å². The van der Waals surface area contributed by atoms with E-state index in [0.29, 0.717) is 18.0 Å². The highest BCUT2D eigenvalue weighted by Crippen LogP contribution is 2.28. The van der Waals surface area contributed by atoms with Gasteiger partial charge in [0, 0.05) is 42.2 Å². The van der Waals surface area contributed by atoms with E-state index in [9.17, 15) is 18.0 Å². The third-order valence-corrected chi connectivity index (χ3v) is 8.29. The summed E-state index contributed by atoms with van der Waals surface area (Å²) in [4.78, 5) is 31.3. The number of carbonyl (C=O) groups is 2. The number of carbonyl (C=O) groups excluding carboxylic acids is 2. The Morgan fingerprint density at radius 3 is 2.71 bits per heavy atom. The van der Waals surface area contributed by atoms with E-state index >= 15 is 0 Å². The fourth-order valence-electron chi connectivity index (χ4n) is 4.20. The van der Waals surface area contributed by atoms with Gasteiger partial charge in [0.25, 0.3) is 10.0 Å². The molecular weight excluding hydrogens is 510 g/mol. The summed E-state index contributed by atoms with van der Waals surface area (Å²) in [5.41, 5.74) is 1.59. The molecular formula is C23H22ClN5O4S2. The molecule has 3 heterocycles. The van der Waals surface area contributed by atoms with Crippen molar-refractivity contribution in [1.29, 1.82) is 0 Å². The Labute approximate surface area is 212 Å². The molecule has 5 rings (SSSR count). The number of rotatable bonds is 6. The second-order valence-corrected chi connectivity index (χ2v) is 11.1. The molecule has 1 N–H and O–H groups in total. The lowest BCUT2D eigenvalue weighted by Crippen LogP contribution is -2.44.